The maximum absolute atomic E-state index is 13.1. The van der Waals surface area contributed by atoms with Crippen LogP contribution in [0.3, 0.4) is 0 Å². The molecule has 0 atom stereocenters. The average molecular weight is 511 g/mol. The van der Waals surface area contributed by atoms with Gasteiger partial charge in [0.1, 0.15) is 4.88 Å². The number of carbonyl (C=O) groups excluding carboxylic acids is 2. The van der Waals surface area contributed by atoms with E-state index >= 15 is 0 Å². The van der Waals surface area contributed by atoms with Crippen molar-refractivity contribution >= 4 is 79.4 Å². The fourth-order valence-corrected chi connectivity index (χ4v) is 5.80. The normalized spacial score (nSPS) is 14.3. The van der Waals surface area contributed by atoms with E-state index in [0.717, 1.165) is 15.8 Å². The molecule has 1 N–H and O–H groups in total. The van der Waals surface area contributed by atoms with E-state index in [1.165, 1.54) is 11.3 Å². The van der Waals surface area contributed by atoms with Crippen LogP contribution in [0.4, 0.5) is 11.4 Å². The van der Waals surface area contributed by atoms with Gasteiger partial charge in [-0.15, -0.1) is 11.3 Å². The van der Waals surface area contributed by atoms with Crippen LogP contribution in [0.25, 0.3) is 10.1 Å². The molecule has 1 aromatic heterocycles. The van der Waals surface area contributed by atoms with Crippen molar-refractivity contribution in [3.8, 4) is 0 Å². The number of nitrogens with one attached hydrogen (secondary N) is 1. The first-order valence-electron chi connectivity index (χ1n) is 10.3. The van der Waals surface area contributed by atoms with E-state index in [2.05, 4.69) is 10.2 Å². The Labute approximate surface area is 205 Å². The van der Waals surface area contributed by atoms with Gasteiger partial charge in [-0.1, -0.05) is 60.8 Å². The highest BCUT2D eigenvalue weighted by Crippen LogP contribution is 2.39. The summed E-state index contributed by atoms with van der Waals surface area (Å²) in [6, 6.07) is 10.8. The minimum atomic E-state index is -0.301. The summed E-state index contributed by atoms with van der Waals surface area (Å²) in [7, 11) is 0. The molecule has 2 aromatic carbocycles. The molecule has 0 aliphatic carbocycles. The smallest absolute Gasteiger partial charge is 0.267 e. The zero-order valence-electron chi connectivity index (χ0n) is 17.6. The van der Waals surface area contributed by atoms with E-state index in [-0.39, 0.29) is 17.7 Å². The van der Waals surface area contributed by atoms with Crippen LogP contribution in [0.5, 0.6) is 0 Å². The highest BCUT2D eigenvalue weighted by atomic mass is 35.5. The minimum absolute atomic E-state index is 0.0300. The second kappa shape index (κ2) is 9.48. The lowest BCUT2D eigenvalue weighted by Crippen LogP contribution is -2.50. The lowest BCUT2D eigenvalue weighted by Gasteiger charge is -2.38. The number of benzene rings is 2. The monoisotopic (exact) mass is 509 g/mol. The molecule has 0 unspecified atom stereocenters. The molecule has 0 radical (unpaired) electrons. The van der Waals surface area contributed by atoms with Crippen LogP contribution in [0.15, 0.2) is 36.4 Å². The fraction of sp³-hybridized carbons (Fsp3) is 0.304. The van der Waals surface area contributed by atoms with Gasteiger partial charge in [0.2, 0.25) is 5.91 Å². The molecule has 32 heavy (non-hydrogen) atoms. The third-order valence-corrected chi connectivity index (χ3v) is 7.63. The van der Waals surface area contributed by atoms with Crippen molar-refractivity contribution in [2.24, 2.45) is 5.92 Å². The predicted molar refractivity (Wildman–Crippen MR) is 135 cm³/mol. The lowest BCUT2D eigenvalue weighted by molar-refractivity contribution is -0.134. The topological polar surface area (TPSA) is 52.7 Å². The number of carbonyl (C=O) groups is 2. The highest BCUT2D eigenvalue weighted by molar-refractivity contribution is 7.21. The van der Waals surface area contributed by atoms with E-state index in [1.807, 2.05) is 30.9 Å². The highest BCUT2D eigenvalue weighted by Gasteiger charge is 2.26. The fourth-order valence-electron chi connectivity index (χ4n) is 3.82. The van der Waals surface area contributed by atoms with Crippen molar-refractivity contribution in [1.29, 1.82) is 0 Å². The average Bonchev–Trinajstić information content (AvgIpc) is 3.09. The Kier molecular flexibility index (Phi) is 6.86. The molecule has 1 saturated heterocycles. The van der Waals surface area contributed by atoms with Gasteiger partial charge in [0.15, 0.2) is 0 Å². The number of hydrogen-bond donors (Lipinski definition) is 1. The standard InChI is InChI=1S/C23H22Cl3N3O2S/c1-13(2)23(31)29-10-8-28(9-11-29)20-16(25)4-3-5-17(20)27-22(30)21-19(26)15-7-6-14(24)12-18(15)32-21/h3-7,12-13H,8-11H2,1-2H3,(H,27,30). The molecule has 0 spiro atoms. The molecule has 4 rings (SSSR count). The summed E-state index contributed by atoms with van der Waals surface area (Å²) >= 11 is 20.4. The quantitative estimate of drug-likeness (QED) is 0.441. The van der Waals surface area contributed by atoms with Gasteiger partial charge in [0.25, 0.3) is 5.91 Å². The molecule has 0 bridgehead atoms. The summed E-state index contributed by atoms with van der Waals surface area (Å²) in [6.45, 7) is 6.30. The predicted octanol–water partition coefficient (Wildman–Crippen LogP) is 6.42. The third kappa shape index (κ3) is 4.55. The van der Waals surface area contributed by atoms with Crippen molar-refractivity contribution in [2.45, 2.75) is 13.8 Å². The number of fused-ring (bicyclic) bond motifs is 1. The van der Waals surface area contributed by atoms with Gasteiger partial charge in [-0.25, -0.2) is 0 Å². The molecule has 168 valence electrons. The number of halogens is 3. The van der Waals surface area contributed by atoms with Gasteiger partial charge in [0.05, 0.1) is 21.4 Å². The molecule has 1 fully saturated rings. The van der Waals surface area contributed by atoms with Gasteiger partial charge in [-0.05, 0) is 24.3 Å². The maximum Gasteiger partial charge on any atom is 0.267 e. The number of piperazine rings is 1. The number of thiophene rings is 1. The van der Waals surface area contributed by atoms with Crippen molar-refractivity contribution in [2.75, 3.05) is 36.4 Å². The summed E-state index contributed by atoms with van der Waals surface area (Å²) in [6.07, 6.45) is 0. The third-order valence-electron chi connectivity index (χ3n) is 5.43. The minimum Gasteiger partial charge on any atom is -0.365 e. The lowest BCUT2D eigenvalue weighted by atomic mass is 10.1. The van der Waals surface area contributed by atoms with Gasteiger partial charge in [0, 0.05) is 47.2 Å². The molecule has 2 heterocycles. The second-order valence-corrected chi connectivity index (χ2v) is 10.2. The summed E-state index contributed by atoms with van der Waals surface area (Å²) in [4.78, 5) is 29.8. The van der Waals surface area contributed by atoms with Crippen molar-refractivity contribution < 1.29 is 9.59 Å². The van der Waals surface area contributed by atoms with E-state index in [9.17, 15) is 9.59 Å². The molecule has 1 aliphatic rings. The van der Waals surface area contributed by atoms with Gasteiger partial charge in [-0.3, -0.25) is 9.59 Å². The number of hydrogen-bond acceptors (Lipinski definition) is 4. The molecule has 0 saturated carbocycles. The van der Waals surface area contributed by atoms with E-state index in [4.69, 9.17) is 34.8 Å². The first-order chi connectivity index (χ1) is 15.3. The summed E-state index contributed by atoms with van der Waals surface area (Å²) in [5, 5.41) is 5.32. The number of anilines is 2. The molecule has 2 amide bonds. The first kappa shape index (κ1) is 23.2. The maximum atomic E-state index is 13.1. The van der Waals surface area contributed by atoms with Crippen LogP contribution in [-0.4, -0.2) is 42.9 Å². The number of para-hydroxylation sites is 1. The van der Waals surface area contributed by atoms with Crippen LogP contribution in [0, 0.1) is 5.92 Å². The Balaban J connectivity index is 1.57. The van der Waals surface area contributed by atoms with Crippen LogP contribution in [0.2, 0.25) is 15.1 Å². The second-order valence-electron chi connectivity index (χ2n) is 7.94. The molecular weight excluding hydrogens is 489 g/mol. The zero-order valence-corrected chi connectivity index (χ0v) is 20.7. The van der Waals surface area contributed by atoms with E-state index in [0.29, 0.717) is 51.8 Å². The van der Waals surface area contributed by atoms with Crippen LogP contribution in [0.1, 0.15) is 23.5 Å². The van der Waals surface area contributed by atoms with Gasteiger partial charge < -0.3 is 15.1 Å². The number of nitrogens with zero attached hydrogens (tertiary/aromatic N) is 2. The molecule has 5 nitrogen and oxygen atoms in total. The van der Waals surface area contributed by atoms with E-state index in [1.54, 1.807) is 24.3 Å². The van der Waals surface area contributed by atoms with Crippen LogP contribution in [-0.2, 0) is 4.79 Å². The largest absolute Gasteiger partial charge is 0.365 e. The van der Waals surface area contributed by atoms with Crippen molar-refractivity contribution in [3.63, 3.8) is 0 Å². The number of rotatable bonds is 4. The van der Waals surface area contributed by atoms with Crippen molar-refractivity contribution in [3.05, 3.63) is 56.3 Å². The number of amides is 2. The Morgan fingerprint density at radius 3 is 2.44 bits per heavy atom. The van der Waals surface area contributed by atoms with Gasteiger partial charge in [-0.2, -0.15) is 0 Å². The van der Waals surface area contributed by atoms with Gasteiger partial charge >= 0.3 is 0 Å². The SMILES string of the molecule is CC(C)C(=O)N1CCN(c2c(Cl)cccc2NC(=O)c2sc3cc(Cl)ccc3c2Cl)CC1. The zero-order chi connectivity index (χ0) is 23.0. The summed E-state index contributed by atoms with van der Waals surface area (Å²) < 4.78 is 0.852. The van der Waals surface area contributed by atoms with Crippen molar-refractivity contribution in [1.82, 2.24) is 4.90 Å². The molecule has 1 aliphatic heterocycles. The Hall–Kier alpha value is -1.99. The molecular formula is C23H22Cl3N3O2S. The van der Waals surface area contributed by atoms with Crippen LogP contribution < -0.4 is 10.2 Å². The van der Waals surface area contributed by atoms with Crippen LogP contribution >= 0.6 is 46.1 Å². The molecule has 9 heteroatoms. The first-order valence-corrected chi connectivity index (χ1v) is 12.2. The summed E-state index contributed by atoms with van der Waals surface area (Å²) in [5.74, 6) is -0.182. The Bertz CT molecular complexity index is 1190. The Morgan fingerprint density at radius 2 is 1.75 bits per heavy atom. The molecule has 3 aromatic rings. The van der Waals surface area contributed by atoms with E-state index < -0.39 is 0 Å². The summed E-state index contributed by atoms with van der Waals surface area (Å²) in [5.41, 5.74) is 1.36. The Morgan fingerprint density at radius 1 is 1.03 bits per heavy atom.